The van der Waals surface area contributed by atoms with E-state index in [1.54, 1.807) is 6.07 Å². The number of carbonyl (C=O) groups is 2. The van der Waals surface area contributed by atoms with Crippen LogP contribution >= 0.6 is 0 Å². The normalized spacial score (nSPS) is 10.2. The molecule has 0 saturated carbocycles. The number of hydrogen-bond acceptors (Lipinski definition) is 2. The number of amides is 1. The fraction of sp³-hybridized carbons (Fsp3) is 0.176. The van der Waals surface area contributed by atoms with Crippen molar-refractivity contribution in [1.82, 2.24) is 4.90 Å². The van der Waals surface area contributed by atoms with Crippen LogP contribution in [0.3, 0.4) is 0 Å². The molecule has 0 aliphatic heterocycles. The van der Waals surface area contributed by atoms with E-state index in [2.05, 4.69) is 0 Å². The number of aliphatic carboxylic acids is 1. The molecule has 0 unspecified atom stereocenters. The predicted octanol–water partition coefficient (Wildman–Crippen LogP) is 2.60. The summed E-state index contributed by atoms with van der Waals surface area (Å²) in [5.41, 5.74) is 0.871. The lowest BCUT2D eigenvalue weighted by atomic mass is 10.1. The van der Waals surface area contributed by atoms with E-state index in [4.69, 9.17) is 5.11 Å². The van der Waals surface area contributed by atoms with Crippen LogP contribution in [0, 0.1) is 5.82 Å². The van der Waals surface area contributed by atoms with E-state index < -0.39 is 24.2 Å². The minimum absolute atomic E-state index is 0.114. The fourth-order valence-corrected chi connectivity index (χ4v) is 2.13. The molecule has 0 atom stereocenters. The Morgan fingerprint density at radius 3 is 2.27 bits per heavy atom. The van der Waals surface area contributed by atoms with Crippen molar-refractivity contribution in [3.8, 4) is 0 Å². The second-order valence-electron chi connectivity index (χ2n) is 4.84. The van der Waals surface area contributed by atoms with Crippen molar-refractivity contribution < 1.29 is 19.1 Å². The molecule has 2 aromatic carbocycles. The maximum Gasteiger partial charge on any atom is 0.323 e. The van der Waals surface area contributed by atoms with Gasteiger partial charge in [0.1, 0.15) is 12.4 Å². The van der Waals surface area contributed by atoms with Gasteiger partial charge >= 0.3 is 5.97 Å². The van der Waals surface area contributed by atoms with E-state index in [0.717, 1.165) is 10.5 Å². The molecule has 22 heavy (non-hydrogen) atoms. The molecule has 0 spiro atoms. The van der Waals surface area contributed by atoms with Crippen LogP contribution in [0.25, 0.3) is 0 Å². The van der Waals surface area contributed by atoms with E-state index in [1.807, 2.05) is 30.3 Å². The molecule has 0 fully saturated rings. The van der Waals surface area contributed by atoms with Gasteiger partial charge in [0.25, 0.3) is 5.91 Å². The van der Waals surface area contributed by atoms with Gasteiger partial charge in [-0.05, 0) is 24.1 Å². The van der Waals surface area contributed by atoms with Gasteiger partial charge < -0.3 is 10.0 Å². The van der Waals surface area contributed by atoms with Gasteiger partial charge in [-0.1, -0.05) is 42.5 Å². The Labute approximate surface area is 127 Å². The topological polar surface area (TPSA) is 57.6 Å². The summed E-state index contributed by atoms with van der Waals surface area (Å²) in [5, 5.41) is 8.96. The first-order valence-corrected chi connectivity index (χ1v) is 6.87. The second-order valence-corrected chi connectivity index (χ2v) is 4.84. The Balaban J connectivity index is 2.13. The molecule has 1 amide bonds. The molecule has 0 bridgehead atoms. The summed E-state index contributed by atoms with van der Waals surface area (Å²) >= 11 is 0. The highest BCUT2D eigenvalue weighted by Crippen LogP contribution is 2.11. The number of carboxylic acids is 1. The van der Waals surface area contributed by atoms with Gasteiger partial charge in [-0.25, -0.2) is 4.39 Å². The Bertz CT molecular complexity index is 658. The van der Waals surface area contributed by atoms with Crippen molar-refractivity contribution in [1.29, 1.82) is 0 Å². The average molecular weight is 301 g/mol. The summed E-state index contributed by atoms with van der Waals surface area (Å²) in [6, 6.07) is 15.0. The monoisotopic (exact) mass is 301 g/mol. The second kappa shape index (κ2) is 7.36. The Kier molecular flexibility index (Phi) is 5.25. The molecule has 114 valence electrons. The van der Waals surface area contributed by atoms with Crippen molar-refractivity contribution in [3.63, 3.8) is 0 Å². The van der Waals surface area contributed by atoms with Crippen molar-refractivity contribution >= 4 is 11.9 Å². The van der Waals surface area contributed by atoms with Gasteiger partial charge in [-0.3, -0.25) is 9.59 Å². The molecule has 1 N–H and O–H groups in total. The maximum absolute atomic E-state index is 13.7. The first-order chi connectivity index (χ1) is 10.6. The van der Waals surface area contributed by atoms with Crippen LogP contribution in [0.5, 0.6) is 0 Å². The van der Waals surface area contributed by atoms with Crippen LogP contribution in [-0.2, 0) is 11.2 Å². The number of nitrogens with zero attached hydrogens (tertiary/aromatic N) is 1. The van der Waals surface area contributed by atoms with Crippen LogP contribution in [0.2, 0.25) is 0 Å². The fourth-order valence-electron chi connectivity index (χ4n) is 2.13. The Morgan fingerprint density at radius 1 is 1.00 bits per heavy atom. The zero-order valence-electron chi connectivity index (χ0n) is 11.9. The van der Waals surface area contributed by atoms with E-state index in [0.29, 0.717) is 6.42 Å². The Hall–Kier alpha value is -2.69. The highest BCUT2D eigenvalue weighted by atomic mass is 19.1. The van der Waals surface area contributed by atoms with Crippen molar-refractivity contribution in [3.05, 3.63) is 71.5 Å². The summed E-state index contributed by atoms with van der Waals surface area (Å²) in [7, 11) is 0. The van der Waals surface area contributed by atoms with E-state index in [1.165, 1.54) is 18.2 Å². The third-order valence-corrected chi connectivity index (χ3v) is 3.23. The molecular weight excluding hydrogens is 285 g/mol. The lowest BCUT2D eigenvalue weighted by molar-refractivity contribution is -0.137. The van der Waals surface area contributed by atoms with Gasteiger partial charge in [0, 0.05) is 6.54 Å². The van der Waals surface area contributed by atoms with Gasteiger partial charge in [-0.2, -0.15) is 0 Å². The molecule has 2 aromatic rings. The van der Waals surface area contributed by atoms with Gasteiger partial charge in [-0.15, -0.1) is 0 Å². The summed E-state index contributed by atoms with van der Waals surface area (Å²) < 4.78 is 13.7. The zero-order valence-corrected chi connectivity index (χ0v) is 11.9. The van der Waals surface area contributed by atoms with E-state index >= 15 is 0 Å². The standard InChI is InChI=1S/C17H16FNO3/c18-15-9-5-4-8-14(15)17(22)19(12-16(20)21)11-10-13-6-2-1-3-7-13/h1-9H,10-12H2,(H,20,21). The van der Waals surface area contributed by atoms with Crippen LogP contribution < -0.4 is 0 Å². The lowest BCUT2D eigenvalue weighted by Gasteiger charge is -2.21. The van der Waals surface area contributed by atoms with Crippen LogP contribution in [0.4, 0.5) is 4.39 Å². The summed E-state index contributed by atoms with van der Waals surface area (Å²) in [6.07, 6.45) is 0.508. The van der Waals surface area contributed by atoms with Crippen LogP contribution in [0.15, 0.2) is 54.6 Å². The molecule has 4 nitrogen and oxygen atoms in total. The van der Waals surface area contributed by atoms with Crippen LogP contribution in [0.1, 0.15) is 15.9 Å². The minimum Gasteiger partial charge on any atom is -0.480 e. The first kappa shape index (κ1) is 15.7. The third-order valence-electron chi connectivity index (χ3n) is 3.23. The van der Waals surface area contributed by atoms with E-state index in [-0.39, 0.29) is 12.1 Å². The summed E-state index contributed by atoms with van der Waals surface area (Å²) in [6.45, 7) is -0.247. The van der Waals surface area contributed by atoms with Gasteiger partial charge in [0.05, 0.1) is 5.56 Å². The molecular formula is C17H16FNO3. The number of carbonyl (C=O) groups excluding carboxylic acids is 1. The third kappa shape index (κ3) is 4.15. The molecule has 2 rings (SSSR count). The van der Waals surface area contributed by atoms with Crippen LogP contribution in [-0.4, -0.2) is 35.0 Å². The smallest absolute Gasteiger partial charge is 0.323 e. The maximum atomic E-state index is 13.7. The summed E-state index contributed by atoms with van der Waals surface area (Å²) in [4.78, 5) is 24.4. The summed E-state index contributed by atoms with van der Waals surface area (Å²) in [5.74, 6) is -2.39. The van der Waals surface area contributed by atoms with Gasteiger partial charge in [0.15, 0.2) is 0 Å². The molecule has 0 radical (unpaired) electrons. The van der Waals surface area contributed by atoms with Gasteiger partial charge in [0.2, 0.25) is 0 Å². The first-order valence-electron chi connectivity index (χ1n) is 6.87. The lowest BCUT2D eigenvalue weighted by Crippen LogP contribution is -2.37. The van der Waals surface area contributed by atoms with Crippen molar-refractivity contribution in [2.45, 2.75) is 6.42 Å². The highest BCUT2D eigenvalue weighted by molar-refractivity contribution is 5.96. The zero-order chi connectivity index (χ0) is 15.9. The number of rotatable bonds is 6. The highest BCUT2D eigenvalue weighted by Gasteiger charge is 2.20. The molecule has 0 aromatic heterocycles. The predicted molar refractivity (Wildman–Crippen MR) is 80.1 cm³/mol. The van der Waals surface area contributed by atoms with E-state index in [9.17, 15) is 14.0 Å². The molecule has 5 heteroatoms. The van der Waals surface area contributed by atoms with Crippen molar-refractivity contribution in [2.75, 3.05) is 13.1 Å². The number of benzene rings is 2. The molecule has 0 heterocycles. The average Bonchev–Trinajstić information content (AvgIpc) is 2.52. The largest absolute Gasteiger partial charge is 0.480 e. The quantitative estimate of drug-likeness (QED) is 0.892. The number of carboxylic acid groups (broad SMARTS) is 1. The minimum atomic E-state index is -1.13. The molecule has 0 aliphatic rings. The SMILES string of the molecule is O=C(O)CN(CCc1ccccc1)C(=O)c1ccccc1F. The number of halogens is 1. The molecule has 0 saturated heterocycles. The van der Waals surface area contributed by atoms with Crippen molar-refractivity contribution in [2.24, 2.45) is 0 Å². The molecule has 0 aliphatic carbocycles. The number of hydrogen-bond donors (Lipinski definition) is 1. The Morgan fingerprint density at radius 2 is 1.64 bits per heavy atom.